The molecule has 0 amide bonds. The molecule has 0 aromatic carbocycles. The molecule has 0 unspecified atom stereocenters. The zero-order valence-corrected chi connectivity index (χ0v) is 8.73. The SMILES string of the molecule is C=CP(C)(I)(C=C)C=C. The molecule has 0 rings (SSSR count). The van der Waals surface area contributed by atoms with Gasteiger partial charge in [0.25, 0.3) is 0 Å². The summed E-state index contributed by atoms with van der Waals surface area (Å²) in [6, 6.07) is 0. The average molecular weight is 254 g/mol. The Morgan fingerprint density at radius 3 is 1.33 bits per heavy atom. The van der Waals surface area contributed by atoms with Gasteiger partial charge in [-0.05, 0) is 0 Å². The summed E-state index contributed by atoms with van der Waals surface area (Å²) in [6.07, 6.45) is 0. The van der Waals surface area contributed by atoms with E-state index in [-0.39, 0.29) is 0 Å². The topological polar surface area (TPSA) is 0 Å². The molecule has 52 valence electrons. The Bertz CT molecular complexity index is 130. The predicted molar refractivity (Wildman–Crippen MR) is 57.5 cm³/mol. The molecule has 0 saturated carbocycles. The van der Waals surface area contributed by atoms with Gasteiger partial charge in [-0.1, -0.05) is 0 Å². The Balaban J connectivity index is 4.81. The zero-order chi connectivity index (χ0) is 7.57. The summed E-state index contributed by atoms with van der Waals surface area (Å²) < 4.78 is -1.87. The summed E-state index contributed by atoms with van der Waals surface area (Å²) >= 11 is 2.38. The van der Waals surface area contributed by atoms with Crippen molar-refractivity contribution < 1.29 is 0 Å². The third-order valence-corrected chi connectivity index (χ3v) is 7.71. The molecule has 0 saturated heterocycles. The minimum atomic E-state index is -1.87. The maximum absolute atomic E-state index is 3.75. The molecule has 0 radical (unpaired) electrons. The zero-order valence-electron chi connectivity index (χ0n) is 5.68. The molecule has 0 bridgehead atoms. The third-order valence-electron chi connectivity index (χ3n) is 1.39. The summed E-state index contributed by atoms with van der Waals surface area (Å²) in [5.74, 6) is 5.85. The van der Waals surface area contributed by atoms with Crippen molar-refractivity contribution in [2.75, 3.05) is 6.66 Å². The van der Waals surface area contributed by atoms with Crippen LogP contribution < -0.4 is 0 Å². The second kappa shape index (κ2) is 2.55. The molecule has 0 aromatic rings. The van der Waals surface area contributed by atoms with Crippen molar-refractivity contribution in [3.8, 4) is 0 Å². The minimum absolute atomic E-state index is 1.87. The summed E-state index contributed by atoms with van der Waals surface area (Å²) in [5.41, 5.74) is 0. The van der Waals surface area contributed by atoms with Crippen LogP contribution in [0.5, 0.6) is 0 Å². The van der Waals surface area contributed by atoms with Crippen LogP contribution in [0.3, 0.4) is 0 Å². The molecule has 9 heavy (non-hydrogen) atoms. The van der Waals surface area contributed by atoms with E-state index in [0.29, 0.717) is 0 Å². The van der Waals surface area contributed by atoms with Gasteiger partial charge in [0.1, 0.15) is 0 Å². The Labute approximate surface area is 70.1 Å². The maximum atomic E-state index is 3.75. The number of halogens is 1. The van der Waals surface area contributed by atoms with Crippen molar-refractivity contribution in [3.05, 3.63) is 37.2 Å². The Hall–Kier alpha value is 0.380. The first kappa shape index (κ1) is 9.38. The fourth-order valence-corrected chi connectivity index (χ4v) is 0.671. The normalized spacial score (nSPS) is 15.1. The van der Waals surface area contributed by atoms with Crippen LogP contribution in [0, 0.1) is 0 Å². The third kappa shape index (κ3) is 2.23. The first-order valence-electron chi connectivity index (χ1n) is 2.62. The van der Waals surface area contributed by atoms with E-state index in [0.717, 1.165) is 0 Å². The number of hydrogen-bond acceptors (Lipinski definition) is 0. The van der Waals surface area contributed by atoms with Crippen molar-refractivity contribution in [2.45, 2.75) is 0 Å². The molecule has 0 nitrogen and oxygen atoms in total. The van der Waals surface area contributed by atoms with Crippen LogP contribution in [-0.4, -0.2) is 6.66 Å². The second-order valence-electron chi connectivity index (χ2n) is 2.23. The molecular weight excluding hydrogens is 242 g/mol. The van der Waals surface area contributed by atoms with E-state index in [1.54, 1.807) is 0 Å². The predicted octanol–water partition coefficient (Wildman–Crippen LogP) is 3.95. The van der Waals surface area contributed by atoms with Crippen LogP contribution >= 0.6 is 26.3 Å². The van der Waals surface area contributed by atoms with Crippen molar-refractivity contribution in [1.82, 2.24) is 0 Å². The molecule has 0 spiro atoms. The van der Waals surface area contributed by atoms with Crippen molar-refractivity contribution >= 4 is 26.3 Å². The quantitative estimate of drug-likeness (QED) is 0.528. The molecule has 0 atom stereocenters. The fourth-order valence-electron chi connectivity index (χ4n) is 0.224. The Morgan fingerprint density at radius 2 is 1.33 bits per heavy atom. The standard InChI is InChI=1S/C7H12IP/c1-5-9(4,8,6-2)7-3/h5-7H,1-3H2,4H3. The Morgan fingerprint density at radius 1 is 1.11 bits per heavy atom. The molecule has 0 aromatic heterocycles. The van der Waals surface area contributed by atoms with E-state index >= 15 is 0 Å². The number of hydrogen-bond donors (Lipinski definition) is 0. The van der Waals surface area contributed by atoms with E-state index < -0.39 is 4.25 Å². The number of rotatable bonds is 3. The van der Waals surface area contributed by atoms with Gasteiger partial charge in [0.05, 0.1) is 0 Å². The average Bonchev–Trinajstić information content (AvgIpc) is 1.90. The molecule has 0 aliphatic rings. The van der Waals surface area contributed by atoms with Gasteiger partial charge >= 0.3 is 70.1 Å². The van der Waals surface area contributed by atoms with Crippen LogP contribution in [0.4, 0.5) is 0 Å². The van der Waals surface area contributed by atoms with Crippen LogP contribution in [-0.2, 0) is 0 Å². The Kier molecular flexibility index (Phi) is 2.66. The van der Waals surface area contributed by atoms with Gasteiger partial charge < -0.3 is 0 Å². The van der Waals surface area contributed by atoms with Crippen LogP contribution in [0.2, 0.25) is 0 Å². The van der Waals surface area contributed by atoms with E-state index in [4.69, 9.17) is 0 Å². The molecule has 0 aliphatic carbocycles. The fraction of sp³-hybridized carbons (Fsp3) is 0.143. The second-order valence-corrected chi connectivity index (χ2v) is 14.6. The summed E-state index contributed by atoms with van der Waals surface area (Å²) in [4.78, 5) is 0. The van der Waals surface area contributed by atoms with E-state index in [2.05, 4.69) is 48.4 Å². The van der Waals surface area contributed by atoms with Crippen LogP contribution in [0.1, 0.15) is 0 Å². The summed E-state index contributed by atoms with van der Waals surface area (Å²) in [6.45, 7) is 13.4. The molecule has 2 heteroatoms. The molecule has 0 aliphatic heterocycles. The van der Waals surface area contributed by atoms with Crippen molar-refractivity contribution in [2.24, 2.45) is 0 Å². The first-order valence-corrected chi connectivity index (χ1v) is 8.29. The van der Waals surface area contributed by atoms with Gasteiger partial charge in [-0.3, -0.25) is 0 Å². The molecule has 0 fully saturated rings. The summed E-state index contributed by atoms with van der Waals surface area (Å²) in [7, 11) is 0. The first-order chi connectivity index (χ1) is 3.96. The van der Waals surface area contributed by atoms with Crippen molar-refractivity contribution in [3.63, 3.8) is 0 Å². The van der Waals surface area contributed by atoms with Crippen LogP contribution in [0.15, 0.2) is 37.2 Å². The summed E-state index contributed by atoms with van der Waals surface area (Å²) in [5, 5.41) is 0. The van der Waals surface area contributed by atoms with E-state index in [9.17, 15) is 0 Å². The molecule has 0 N–H and O–H groups in total. The van der Waals surface area contributed by atoms with E-state index in [1.165, 1.54) is 0 Å². The van der Waals surface area contributed by atoms with Crippen molar-refractivity contribution in [1.29, 1.82) is 0 Å². The van der Waals surface area contributed by atoms with Gasteiger partial charge in [-0.2, -0.15) is 0 Å². The molecular formula is C7H12IP. The van der Waals surface area contributed by atoms with Gasteiger partial charge in [-0.25, -0.2) is 0 Å². The monoisotopic (exact) mass is 254 g/mol. The van der Waals surface area contributed by atoms with Gasteiger partial charge in [0.15, 0.2) is 0 Å². The van der Waals surface area contributed by atoms with Gasteiger partial charge in [0, 0.05) is 0 Å². The van der Waals surface area contributed by atoms with Gasteiger partial charge in [0.2, 0.25) is 0 Å². The van der Waals surface area contributed by atoms with Gasteiger partial charge in [-0.15, -0.1) is 0 Å². The van der Waals surface area contributed by atoms with Crippen LogP contribution in [0.25, 0.3) is 0 Å². The molecule has 0 heterocycles. The van der Waals surface area contributed by atoms with E-state index in [1.807, 2.05) is 17.5 Å².